The van der Waals surface area contributed by atoms with Crippen molar-refractivity contribution in [2.45, 2.75) is 251 Å². The molecule has 1 amide bonds. The van der Waals surface area contributed by atoms with Crippen molar-refractivity contribution in [2.75, 3.05) is 6.61 Å². The zero-order valence-corrected chi connectivity index (χ0v) is 32.1. The number of rotatable bonds is 38. The molecule has 0 aromatic carbocycles. The summed E-state index contributed by atoms with van der Waals surface area (Å²) in [6.45, 7) is 6.63. The summed E-state index contributed by atoms with van der Waals surface area (Å²) in [4.78, 5) is 25.3. The number of aliphatic hydroxyl groups is 1. The lowest BCUT2D eigenvalue weighted by Crippen LogP contribution is -2.36. The van der Waals surface area contributed by atoms with Crippen LogP contribution in [0.5, 0.6) is 0 Å². The fourth-order valence-corrected chi connectivity index (χ4v) is 6.64. The van der Waals surface area contributed by atoms with E-state index >= 15 is 0 Å². The van der Waals surface area contributed by atoms with Gasteiger partial charge >= 0.3 is 5.97 Å². The monoisotopic (exact) mass is 666 g/mol. The number of ether oxygens (including phenoxy) is 1. The van der Waals surface area contributed by atoms with Crippen molar-refractivity contribution in [1.82, 2.24) is 5.32 Å². The van der Waals surface area contributed by atoms with Crippen molar-refractivity contribution in [1.29, 1.82) is 0 Å². The van der Waals surface area contributed by atoms with Crippen LogP contribution in [0.3, 0.4) is 0 Å². The lowest BCUT2D eigenvalue weighted by atomic mass is 10.00. The fourth-order valence-electron chi connectivity index (χ4n) is 6.64. The average Bonchev–Trinajstić information content (AvgIpc) is 3.07. The van der Waals surface area contributed by atoms with Crippen LogP contribution in [-0.4, -0.2) is 35.7 Å². The number of amides is 1. The second-order valence-electron chi connectivity index (χ2n) is 14.6. The van der Waals surface area contributed by atoms with Crippen molar-refractivity contribution in [3.05, 3.63) is 0 Å². The maximum atomic E-state index is 12.9. The Morgan fingerprint density at radius 3 is 1.23 bits per heavy atom. The normalized spacial score (nSPS) is 12.7. The smallest absolute Gasteiger partial charge is 0.306 e. The van der Waals surface area contributed by atoms with Crippen LogP contribution in [0.4, 0.5) is 0 Å². The van der Waals surface area contributed by atoms with Gasteiger partial charge in [0.1, 0.15) is 6.10 Å². The van der Waals surface area contributed by atoms with E-state index in [0.29, 0.717) is 19.3 Å². The Morgan fingerprint density at radius 1 is 0.468 bits per heavy atom. The van der Waals surface area contributed by atoms with E-state index in [2.05, 4.69) is 26.1 Å². The van der Waals surface area contributed by atoms with Crippen LogP contribution in [-0.2, 0) is 14.3 Å². The molecule has 0 aliphatic carbocycles. The minimum absolute atomic E-state index is 0.0882. The molecule has 0 rings (SSSR count). The van der Waals surface area contributed by atoms with Crippen molar-refractivity contribution in [2.24, 2.45) is 0 Å². The van der Waals surface area contributed by atoms with Gasteiger partial charge in [0.15, 0.2) is 0 Å². The minimum atomic E-state index is -0.477. The summed E-state index contributed by atoms with van der Waals surface area (Å²) in [5.41, 5.74) is 0. The molecule has 5 nitrogen and oxygen atoms in total. The summed E-state index contributed by atoms with van der Waals surface area (Å²) in [7, 11) is 0. The summed E-state index contributed by atoms with van der Waals surface area (Å²) in [5.74, 6) is -0.0351. The van der Waals surface area contributed by atoms with E-state index in [-0.39, 0.29) is 24.5 Å². The fraction of sp³-hybridized carbons (Fsp3) is 0.952. The number of carbonyl (C=O) groups is 2. The maximum absolute atomic E-state index is 12.9. The number of carbonyl (C=O) groups excluding carboxylic acids is 2. The summed E-state index contributed by atoms with van der Waals surface area (Å²) in [6.07, 6.45) is 39.5. The van der Waals surface area contributed by atoms with E-state index in [0.717, 1.165) is 44.9 Å². The van der Waals surface area contributed by atoms with E-state index in [1.807, 2.05) is 0 Å². The Bertz CT molecular complexity index is 655. The van der Waals surface area contributed by atoms with Gasteiger partial charge in [-0.25, -0.2) is 0 Å². The number of nitrogens with one attached hydrogen (secondary N) is 1. The molecule has 0 aromatic rings. The molecule has 0 radical (unpaired) electrons. The lowest BCUT2D eigenvalue weighted by Gasteiger charge is -2.22. The van der Waals surface area contributed by atoms with Gasteiger partial charge in [-0.1, -0.05) is 194 Å². The third-order valence-electron chi connectivity index (χ3n) is 9.85. The molecule has 0 fully saturated rings. The lowest BCUT2D eigenvalue weighted by molar-refractivity contribution is -0.151. The number of aliphatic hydroxyl groups excluding tert-OH is 1. The SMILES string of the molecule is CCCCCCCCCCCCCC(=O)NC(CCCCCCCCC)CCC(CO)OC(=O)CCCCCCCCCCCCC. The van der Waals surface area contributed by atoms with E-state index < -0.39 is 6.10 Å². The molecular formula is C42H83NO4. The van der Waals surface area contributed by atoms with Crippen LogP contribution in [0.2, 0.25) is 0 Å². The van der Waals surface area contributed by atoms with Crippen molar-refractivity contribution in [3.8, 4) is 0 Å². The average molecular weight is 666 g/mol. The van der Waals surface area contributed by atoms with Crippen molar-refractivity contribution >= 4 is 11.9 Å². The van der Waals surface area contributed by atoms with Gasteiger partial charge in [0, 0.05) is 18.9 Å². The van der Waals surface area contributed by atoms with Gasteiger partial charge in [-0.2, -0.15) is 0 Å². The molecule has 2 N–H and O–H groups in total. The van der Waals surface area contributed by atoms with Crippen LogP contribution in [0, 0.1) is 0 Å². The quantitative estimate of drug-likeness (QED) is 0.0508. The standard InChI is InChI=1S/C42H83NO4/c1-4-7-10-13-16-18-20-22-25-28-31-34-41(45)43-39(33-30-27-24-15-12-9-6-3)36-37-40(38-44)47-42(46)35-32-29-26-23-21-19-17-14-11-8-5-2/h39-40,44H,4-38H2,1-3H3,(H,43,45). The topological polar surface area (TPSA) is 75.6 Å². The first-order valence-corrected chi connectivity index (χ1v) is 21.2. The molecule has 0 aliphatic rings. The Labute approximate surface area is 293 Å². The molecule has 0 aromatic heterocycles. The van der Waals surface area contributed by atoms with E-state index in [1.165, 1.54) is 154 Å². The molecular weight excluding hydrogens is 582 g/mol. The number of esters is 1. The zero-order valence-electron chi connectivity index (χ0n) is 32.1. The number of hydrogen-bond donors (Lipinski definition) is 2. The molecule has 0 spiro atoms. The molecule has 47 heavy (non-hydrogen) atoms. The predicted octanol–water partition coefficient (Wildman–Crippen LogP) is 12.7. The Hall–Kier alpha value is -1.10. The second kappa shape index (κ2) is 37.7. The third-order valence-corrected chi connectivity index (χ3v) is 9.85. The molecule has 2 atom stereocenters. The molecule has 0 bridgehead atoms. The Morgan fingerprint density at radius 2 is 0.830 bits per heavy atom. The predicted molar refractivity (Wildman–Crippen MR) is 203 cm³/mol. The molecule has 5 heteroatoms. The van der Waals surface area contributed by atoms with Crippen LogP contribution in [0.15, 0.2) is 0 Å². The molecule has 0 saturated heterocycles. The zero-order chi connectivity index (χ0) is 34.5. The minimum Gasteiger partial charge on any atom is -0.460 e. The highest BCUT2D eigenvalue weighted by Gasteiger charge is 2.18. The summed E-state index contributed by atoms with van der Waals surface area (Å²) in [5, 5.41) is 13.3. The summed E-state index contributed by atoms with van der Waals surface area (Å²) >= 11 is 0. The van der Waals surface area contributed by atoms with Gasteiger partial charge in [0.25, 0.3) is 0 Å². The maximum Gasteiger partial charge on any atom is 0.306 e. The number of hydrogen-bond acceptors (Lipinski definition) is 4. The second-order valence-corrected chi connectivity index (χ2v) is 14.6. The Kier molecular flexibility index (Phi) is 36.8. The highest BCUT2D eigenvalue weighted by molar-refractivity contribution is 5.76. The van der Waals surface area contributed by atoms with Crippen LogP contribution in [0.1, 0.15) is 239 Å². The van der Waals surface area contributed by atoms with E-state index in [9.17, 15) is 14.7 Å². The largest absolute Gasteiger partial charge is 0.460 e. The van der Waals surface area contributed by atoms with Gasteiger partial charge in [-0.05, 0) is 32.1 Å². The van der Waals surface area contributed by atoms with Gasteiger partial charge in [-0.3, -0.25) is 9.59 Å². The highest BCUT2D eigenvalue weighted by atomic mass is 16.5. The summed E-state index contributed by atoms with van der Waals surface area (Å²) in [6, 6.07) is 0.0882. The van der Waals surface area contributed by atoms with Crippen LogP contribution < -0.4 is 5.32 Å². The van der Waals surface area contributed by atoms with Gasteiger partial charge in [0.2, 0.25) is 5.91 Å². The first-order chi connectivity index (χ1) is 23.1. The molecule has 0 saturated carbocycles. The Balaban J connectivity index is 4.32. The molecule has 0 aliphatic heterocycles. The van der Waals surface area contributed by atoms with Crippen LogP contribution in [0.25, 0.3) is 0 Å². The first kappa shape index (κ1) is 45.9. The van der Waals surface area contributed by atoms with Crippen molar-refractivity contribution in [3.63, 3.8) is 0 Å². The van der Waals surface area contributed by atoms with Gasteiger partial charge in [-0.15, -0.1) is 0 Å². The van der Waals surface area contributed by atoms with Gasteiger partial charge < -0.3 is 15.2 Å². The number of unbranched alkanes of at least 4 members (excludes halogenated alkanes) is 26. The molecule has 0 heterocycles. The molecule has 2 unspecified atom stereocenters. The van der Waals surface area contributed by atoms with Gasteiger partial charge in [0.05, 0.1) is 6.61 Å². The first-order valence-electron chi connectivity index (χ1n) is 21.2. The van der Waals surface area contributed by atoms with E-state index in [4.69, 9.17) is 4.74 Å². The van der Waals surface area contributed by atoms with Crippen molar-refractivity contribution < 1.29 is 19.4 Å². The summed E-state index contributed by atoms with van der Waals surface area (Å²) < 4.78 is 5.67. The molecule has 280 valence electrons. The third kappa shape index (κ3) is 34.6. The van der Waals surface area contributed by atoms with E-state index in [1.54, 1.807) is 0 Å². The highest BCUT2D eigenvalue weighted by Crippen LogP contribution is 2.17. The van der Waals surface area contributed by atoms with Crippen LogP contribution >= 0.6 is 0 Å².